The molecular weight excluding hydrogens is 317 g/mol. The molecule has 6 heteroatoms. The smallest absolute Gasteiger partial charge is 0.339 e. The van der Waals surface area contributed by atoms with Gasteiger partial charge in [0.1, 0.15) is 0 Å². The SMILES string of the molecule is COC(=O)c1ccccc1NC(C)c1cc(Cl)sc1Cl. The van der Waals surface area contributed by atoms with E-state index in [2.05, 4.69) is 5.32 Å². The Hall–Kier alpha value is -1.23. The van der Waals surface area contributed by atoms with Crippen LogP contribution in [0.4, 0.5) is 5.69 Å². The topological polar surface area (TPSA) is 38.3 Å². The summed E-state index contributed by atoms with van der Waals surface area (Å²) in [5.41, 5.74) is 2.09. The van der Waals surface area contributed by atoms with Gasteiger partial charge in [-0.3, -0.25) is 0 Å². The summed E-state index contributed by atoms with van der Waals surface area (Å²) < 4.78 is 6.05. The number of esters is 1. The molecule has 1 heterocycles. The minimum absolute atomic E-state index is 0.0722. The van der Waals surface area contributed by atoms with Crippen molar-refractivity contribution >= 4 is 46.2 Å². The molecule has 2 aromatic rings. The lowest BCUT2D eigenvalue weighted by Crippen LogP contribution is -2.11. The van der Waals surface area contributed by atoms with Crippen LogP contribution in [0, 0.1) is 0 Å². The number of carbonyl (C=O) groups excluding carboxylic acids is 1. The summed E-state index contributed by atoms with van der Waals surface area (Å²) in [7, 11) is 1.36. The van der Waals surface area contributed by atoms with E-state index in [1.807, 2.05) is 25.1 Å². The molecule has 0 saturated heterocycles. The van der Waals surface area contributed by atoms with Crippen molar-refractivity contribution in [3.8, 4) is 0 Å². The van der Waals surface area contributed by atoms with Crippen molar-refractivity contribution in [3.05, 3.63) is 50.1 Å². The maximum absolute atomic E-state index is 11.7. The van der Waals surface area contributed by atoms with Crippen LogP contribution in [0.3, 0.4) is 0 Å². The third-order valence-electron chi connectivity index (χ3n) is 2.85. The molecule has 0 aliphatic carbocycles. The fourth-order valence-corrected chi connectivity index (χ4v) is 3.50. The van der Waals surface area contributed by atoms with Gasteiger partial charge in [-0.1, -0.05) is 35.3 Å². The minimum atomic E-state index is -0.380. The van der Waals surface area contributed by atoms with Crippen LogP contribution >= 0.6 is 34.5 Å². The number of hydrogen-bond donors (Lipinski definition) is 1. The molecule has 0 aliphatic heterocycles. The van der Waals surface area contributed by atoms with E-state index in [-0.39, 0.29) is 12.0 Å². The lowest BCUT2D eigenvalue weighted by molar-refractivity contribution is 0.0602. The van der Waals surface area contributed by atoms with Crippen LogP contribution in [0.15, 0.2) is 30.3 Å². The molecule has 0 bridgehead atoms. The van der Waals surface area contributed by atoms with E-state index in [0.717, 1.165) is 5.56 Å². The van der Waals surface area contributed by atoms with Crippen LogP contribution in [0.1, 0.15) is 28.9 Å². The summed E-state index contributed by atoms with van der Waals surface area (Å²) in [6.07, 6.45) is 0. The van der Waals surface area contributed by atoms with Crippen molar-refractivity contribution < 1.29 is 9.53 Å². The highest BCUT2D eigenvalue weighted by Crippen LogP contribution is 2.36. The van der Waals surface area contributed by atoms with Crippen molar-refractivity contribution in [2.45, 2.75) is 13.0 Å². The zero-order valence-electron chi connectivity index (χ0n) is 10.9. The van der Waals surface area contributed by atoms with E-state index >= 15 is 0 Å². The van der Waals surface area contributed by atoms with Crippen molar-refractivity contribution in [2.24, 2.45) is 0 Å². The van der Waals surface area contributed by atoms with E-state index in [9.17, 15) is 4.79 Å². The summed E-state index contributed by atoms with van der Waals surface area (Å²) in [6.45, 7) is 1.96. The van der Waals surface area contributed by atoms with Gasteiger partial charge in [0.05, 0.1) is 27.4 Å². The van der Waals surface area contributed by atoms with Gasteiger partial charge in [-0.05, 0) is 25.1 Å². The predicted octanol–water partition coefficient (Wildman–Crippen LogP) is 5.01. The molecule has 3 nitrogen and oxygen atoms in total. The molecule has 0 radical (unpaired) electrons. The third kappa shape index (κ3) is 3.26. The van der Waals surface area contributed by atoms with Crippen LogP contribution in [-0.2, 0) is 4.74 Å². The lowest BCUT2D eigenvalue weighted by atomic mass is 10.1. The normalized spacial score (nSPS) is 12.0. The van der Waals surface area contributed by atoms with Crippen LogP contribution in [-0.4, -0.2) is 13.1 Å². The zero-order chi connectivity index (χ0) is 14.7. The molecule has 0 fully saturated rings. The fraction of sp³-hybridized carbons (Fsp3) is 0.214. The summed E-state index contributed by atoms with van der Waals surface area (Å²) in [5, 5.41) is 3.26. The number of nitrogens with one attached hydrogen (secondary N) is 1. The highest BCUT2D eigenvalue weighted by molar-refractivity contribution is 7.20. The third-order valence-corrected chi connectivity index (χ3v) is 4.37. The van der Waals surface area contributed by atoms with Gasteiger partial charge in [0.25, 0.3) is 0 Å². The second kappa shape index (κ2) is 6.48. The van der Waals surface area contributed by atoms with E-state index in [1.165, 1.54) is 18.4 Å². The Bertz CT molecular complexity index is 627. The predicted molar refractivity (Wildman–Crippen MR) is 84.2 cm³/mol. The molecule has 2 rings (SSSR count). The molecule has 0 saturated carbocycles. The van der Waals surface area contributed by atoms with Crippen molar-refractivity contribution in [1.29, 1.82) is 0 Å². The van der Waals surface area contributed by atoms with Crippen molar-refractivity contribution in [2.75, 3.05) is 12.4 Å². The quantitative estimate of drug-likeness (QED) is 0.801. The largest absolute Gasteiger partial charge is 0.465 e. The average Bonchev–Trinajstić information content (AvgIpc) is 2.77. The maximum Gasteiger partial charge on any atom is 0.339 e. The molecule has 106 valence electrons. The van der Waals surface area contributed by atoms with Crippen molar-refractivity contribution in [3.63, 3.8) is 0 Å². The summed E-state index contributed by atoms with van der Waals surface area (Å²) >= 11 is 13.4. The summed E-state index contributed by atoms with van der Waals surface area (Å²) in [5.74, 6) is -0.380. The van der Waals surface area contributed by atoms with Crippen LogP contribution in [0.2, 0.25) is 8.67 Å². The number of carbonyl (C=O) groups is 1. The number of thiophene rings is 1. The van der Waals surface area contributed by atoms with Gasteiger partial charge >= 0.3 is 5.97 Å². The van der Waals surface area contributed by atoms with Gasteiger partial charge in [-0.2, -0.15) is 0 Å². The average molecular weight is 330 g/mol. The first-order valence-corrected chi connectivity index (χ1v) is 7.48. The number of methoxy groups -OCH3 is 1. The second-order valence-corrected chi connectivity index (χ2v) is 6.47. The van der Waals surface area contributed by atoms with Gasteiger partial charge in [0.2, 0.25) is 0 Å². The van der Waals surface area contributed by atoms with Gasteiger partial charge < -0.3 is 10.1 Å². The number of ether oxygens (including phenoxy) is 1. The van der Waals surface area contributed by atoms with Gasteiger partial charge in [0.15, 0.2) is 0 Å². The molecule has 0 spiro atoms. The first kappa shape index (κ1) is 15.2. The van der Waals surface area contributed by atoms with Crippen molar-refractivity contribution in [1.82, 2.24) is 0 Å². The fourth-order valence-electron chi connectivity index (χ4n) is 1.86. The Morgan fingerprint density at radius 2 is 2.05 bits per heavy atom. The Kier molecular flexibility index (Phi) is 4.91. The first-order chi connectivity index (χ1) is 9.52. The lowest BCUT2D eigenvalue weighted by Gasteiger charge is -2.17. The molecule has 0 amide bonds. The van der Waals surface area contributed by atoms with Gasteiger partial charge in [0, 0.05) is 11.3 Å². The van der Waals surface area contributed by atoms with Gasteiger partial charge in [-0.25, -0.2) is 4.79 Å². The Labute approximate surface area is 131 Å². The number of halogens is 2. The molecule has 0 aliphatic rings. The van der Waals surface area contributed by atoms with E-state index in [4.69, 9.17) is 27.9 Å². The van der Waals surface area contributed by atoms with Gasteiger partial charge in [-0.15, -0.1) is 11.3 Å². The standard InChI is InChI=1S/C14H13Cl2NO2S/c1-8(10-7-12(15)20-13(10)16)17-11-6-4-3-5-9(11)14(18)19-2/h3-8,17H,1-2H3. The Balaban J connectivity index is 2.26. The van der Waals surface area contributed by atoms with Crippen LogP contribution in [0.25, 0.3) is 0 Å². The molecule has 20 heavy (non-hydrogen) atoms. The van der Waals surface area contributed by atoms with E-state index < -0.39 is 0 Å². The number of hydrogen-bond acceptors (Lipinski definition) is 4. The molecule has 1 aromatic heterocycles. The minimum Gasteiger partial charge on any atom is -0.465 e. The Morgan fingerprint density at radius 1 is 1.35 bits per heavy atom. The molecule has 1 aromatic carbocycles. The highest BCUT2D eigenvalue weighted by atomic mass is 35.5. The molecule has 1 unspecified atom stereocenters. The summed E-state index contributed by atoms with van der Waals surface area (Å²) in [4.78, 5) is 11.7. The van der Waals surface area contributed by atoms with Crippen LogP contribution in [0.5, 0.6) is 0 Å². The summed E-state index contributed by atoms with van der Waals surface area (Å²) in [6, 6.07) is 8.93. The molecule has 1 atom stereocenters. The Morgan fingerprint density at radius 3 is 2.65 bits per heavy atom. The zero-order valence-corrected chi connectivity index (χ0v) is 13.3. The molecular formula is C14H13Cl2NO2S. The number of benzene rings is 1. The number of rotatable bonds is 4. The first-order valence-electron chi connectivity index (χ1n) is 5.91. The maximum atomic E-state index is 11.7. The second-order valence-electron chi connectivity index (χ2n) is 4.18. The van der Waals surface area contributed by atoms with E-state index in [1.54, 1.807) is 12.1 Å². The number of anilines is 1. The number of para-hydroxylation sites is 1. The monoisotopic (exact) mass is 329 g/mol. The van der Waals surface area contributed by atoms with Crippen LogP contribution < -0.4 is 5.32 Å². The highest BCUT2D eigenvalue weighted by Gasteiger charge is 2.16. The van der Waals surface area contributed by atoms with E-state index in [0.29, 0.717) is 19.9 Å². The molecule has 1 N–H and O–H groups in total.